The number of rotatable bonds is 5. The maximum atomic E-state index is 13.1. The molecule has 0 saturated carbocycles. The molecule has 0 radical (unpaired) electrons. The summed E-state index contributed by atoms with van der Waals surface area (Å²) in [4.78, 5) is 0.197. The maximum absolute atomic E-state index is 13.1. The van der Waals surface area contributed by atoms with E-state index in [4.69, 9.17) is 11.6 Å². The van der Waals surface area contributed by atoms with E-state index in [1.54, 1.807) is 36.7 Å². The van der Waals surface area contributed by atoms with E-state index in [0.717, 1.165) is 25.1 Å². The van der Waals surface area contributed by atoms with Crippen LogP contribution < -0.4 is 10.0 Å². The lowest BCUT2D eigenvalue weighted by Gasteiger charge is -2.19. The number of benzene rings is 2. The van der Waals surface area contributed by atoms with Gasteiger partial charge in [0.25, 0.3) is 10.0 Å². The summed E-state index contributed by atoms with van der Waals surface area (Å²) in [6, 6.07) is 12.2. The molecule has 1 aliphatic heterocycles. The predicted molar refractivity (Wildman–Crippen MR) is 130 cm³/mol. The van der Waals surface area contributed by atoms with Gasteiger partial charge in [0.15, 0.2) is 5.82 Å². The van der Waals surface area contributed by atoms with Crippen molar-refractivity contribution in [1.82, 2.24) is 20.1 Å². The summed E-state index contributed by atoms with van der Waals surface area (Å²) in [7, 11) is -3.80. The Bertz CT molecular complexity index is 1180. The van der Waals surface area contributed by atoms with Crippen molar-refractivity contribution in [3.8, 4) is 11.4 Å². The van der Waals surface area contributed by atoms with Gasteiger partial charge in [0.05, 0.1) is 16.6 Å². The fourth-order valence-corrected chi connectivity index (χ4v) is 4.96. The summed E-state index contributed by atoms with van der Waals surface area (Å²) in [5.74, 6) is 0.581. The molecule has 4 rings (SSSR count). The van der Waals surface area contributed by atoms with Crippen molar-refractivity contribution < 1.29 is 8.42 Å². The fourth-order valence-electron chi connectivity index (χ4n) is 3.71. The van der Waals surface area contributed by atoms with Crippen molar-refractivity contribution in [2.75, 3.05) is 17.8 Å². The van der Waals surface area contributed by atoms with E-state index in [9.17, 15) is 8.42 Å². The highest BCUT2D eigenvalue weighted by molar-refractivity contribution is 7.92. The Morgan fingerprint density at radius 3 is 2.50 bits per heavy atom. The van der Waals surface area contributed by atoms with Gasteiger partial charge in [0, 0.05) is 17.1 Å². The summed E-state index contributed by atoms with van der Waals surface area (Å²) in [6.45, 7) is 7.99. The van der Waals surface area contributed by atoms with Crippen LogP contribution in [0.1, 0.15) is 38.8 Å². The first-order valence-electron chi connectivity index (χ1n) is 10.2. The quantitative estimate of drug-likeness (QED) is 0.537. The summed E-state index contributed by atoms with van der Waals surface area (Å²) >= 11 is 6.25. The first-order chi connectivity index (χ1) is 14.6. The highest BCUT2D eigenvalue weighted by Gasteiger charge is 2.24. The van der Waals surface area contributed by atoms with Crippen LogP contribution in [0.3, 0.4) is 0 Å². The monoisotopic (exact) mass is 495 g/mol. The molecule has 0 unspecified atom stereocenters. The number of halogens is 2. The molecule has 1 aromatic heterocycles. The highest BCUT2D eigenvalue weighted by Crippen LogP contribution is 2.33. The van der Waals surface area contributed by atoms with Gasteiger partial charge in [0.2, 0.25) is 0 Å². The number of hydrogen-bond donors (Lipinski definition) is 2. The average molecular weight is 496 g/mol. The third kappa shape index (κ3) is 5.09. The van der Waals surface area contributed by atoms with Crippen molar-refractivity contribution >= 4 is 39.7 Å². The van der Waals surface area contributed by atoms with Crippen LogP contribution in [-0.4, -0.2) is 36.3 Å². The maximum Gasteiger partial charge on any atom is 0.261 e. The first-order valence-corrected chi connectivity index (χ1v) is 12.0. The number of hydrogen-bond acceptors (Lipinski definition) is 5. The normalized spacial score (nSPS) is 16.6. The van der Waals surface area contributed by atoms with Crippen LogP contribution in [-0.2, 0) is 15.4 Å². The minimum Gasteiger partial charge on any atom is -0.315 e. The molecular weight excluding hydrogens is 469 g/mol. The molecule has 10 heteroatoms. The Labute approximate surface area is 200 Å². The van der Waals surface area contributed by atoms with Crippen LogP contribution in [0, 0.1) is 0 Å². The Hall–Kier alpha value is -2.13. The van der Waals surface area contributed by atoms with Crippen LogP contribution >= 0.6 is 24.0 Å². The number of sulfonamides is 1. The lowest BCUT2D eigenvalue weighted by Crippen LogP contribution is -2.16. The molecule has 0 spiro atoms. The number of aromatic nitrogens is 3. The van der Waals surface area contributed by atoms with Gasteiger partial charge in [-0.2, -0.15) is 0 Å². The molecule has 0 amide bonds. The number of anilines is 1. The molecule has 0 bridgehead atoms. The molecule has 0 aliphatic carbocycles. The van der Waals surface area contributed by atoms with Gasteiger partial charge < -0.3 is 9.88 Å². The molecule has 2 aromatic carbocycles. The molecule has 1 atom stereocenters. The molecular formula is C22H27Cl2N5O2S. The van der Waals surface area contributed by atoms with Crippen LogP contribution in [0.5, 0.6) is 0 Å². The van der Waals surface area contributed by atoms with Crippen molar-refractivity contribution in [2.45, 2.75) is 43.5 Å². The van der Waals surface area contributed by atoms with Crippen LogP contribution in [0.2, 0.25) is 5.02 Å². The van der Waals surface area contributed by atoms with Crippen LogP contribution in [0.4, 0.5) is 5.69 Å². The number of nitrogens with zero attached hydrogens (tertiary/aromatic N) is 3. The van der Waals surface area contributed by atoms with E-state index in [1.807, 2.05) is 16.7 Å². The van der Waals surface area contributed by atoms with Crippen LogP contribution in [0.15, 0.2) is 53.7 Å². The van der Waals surface area contributed by atoms with Crippen molar-refractivity contribution in [1.29, 1.82) is 0 Å². The first kappa shape index (κ1) is 24.5. The summed E-state index contributed by atoms with van der Waals surface area (Å²) in [6.07, 6.45) is 2.63. The van der Waals surface area contributed by atoms with Crippen molar-refractivity contribution in [3.63, 3.8) is 0 Å². The minimum atomic E-state index is -3.80. The van der Waals surface area contributed by atoms with Gasteiger partial charge in [-0.05, 0) is 54.3 Å². The Balaban J connectivity index is 0.00000289. The molecule has 3 aromatic rings. The van der Waals surface area contributed by atoms with E-state index in [1.165, 1.54) is 0 Å². The Kier molecular flexibility index (Phi) is 7.19. The van der Waals surface area contributed by atoms with Gasteiger partial charge in [-0.1, -0.05) is 44.5 Å². The topological polar surface area (TPSA) is 88.9 Å². The third-order valence-corrected chi connectivity index (χ3v) is 7.11. The van der Waals surface area contributed by atoms with Gasteiger partial charge in [-0.15, -0.1) is 22.6 Å². The smallest absolute Gasteiger partial charge is 0.261 e. The second kappa shape index (κ2) is 9.39. The molecule has 2 heterocycles. The zero-order chi connectivity index (χ0) is 22.2. The highest BCUT2D eigenvalue weighted by atomic mass is 35.5. The van der Waals surface area contributed by atoms with Gasteiger partial charge in [0.1, 0.15) is 6.33 Å². The van der Waals surface area contributed by atoms with E-state index < -0.39 is 10.0 Å². The van der Waals surface area contributed by atoms with E-state index in [2.05, 4.69) is 41.0 Å². The molecule has 32 heavy (non-hydrogen) atoms. The van der Waals surface area contributed by atoms with Gasteiger partial charge >= 0.3 is 0 Å². The van der Waals surface area contributed by atoms with E-state index >= 15 is 0 Å². The molecule has 2 N–H and O–H groups in total. The fraction of sp³-hybridized carbons (Fsp3) is 0.364. The largest absolute Gasteiger partial charge is 0.315 e. The Morgan fingerprint density at radius 2 is 1.88 bits per heavy atom. The third-order valence-electron chi connectivity index (χ3n) is 5.50. The summed E-state index contributed by atoms with van der Waals surface area (Å²) in [5, 5.41) is 12.2. The molecule has 7 nitrogen and oxygen atoms in total. The lowest BCUT2D eigenvalue weighted by atomic mass is 9.87. The Morgan fingerprint density at radius 1 is 1.16 bits per heavy atom. The molecule has 1 fully saturated rings. The van der Waals surface area contributed by atoms with E-state index in [0.29, 0.717) is 22.1 Å². The summed E-state index contributed by atoms with van der Waals surface area (Å²) < 4.78 is 30.9. The molecule has 1 aliphatic rings. The predicted octanol–water partition coefficient (Wildman–Crippen LogP) is 4.65. The standard InChI is InChI=1S/C22H26ClN5O2S.ClH/c1-22(2,3)15-4-7-18(8-5-15)31(29,30)27-20-9-6-16(23)12-19(20)21-26-25-14-28(21)17-10-11-24-13-17;/h4-9,12,14,17,24,27H,10-11,13H2,1-3H3;1H/t17-;/m0./s1. The zero-order valence-electron chi connectivity index (χ0n) is 18.2. The second-order valence-electron chi connectivity index (χ2n) is 8.78. The lowest BCUT2D eigenvalue weighted by molar-refractivity contribution is 0.550. The average Bonchev–Trinajstić information content (AvgIpc) is 3.40. The van der Waals surface area contributed by atoms with Gasteiger partial charge in [-0.25, -0.2) is 8.42 Å². The second-order valence-corrected chi connectivity index (χ2v) is 10.9. The van der Waals surface area contributed by atoms with Crippen LogP contribution in [0.25, 0.3) is 11.4 Å². The van der Waals surface area contributed by atoms with E-state index in [-0.39, 0.29) is 28.8 Å². The molecule has 1 saturated heterocycles. The molecule has 172 valence electrons. The summed E-state index contributed by atoms with van der Waals surface area (Å²) in [5.41, 5.74) is 2.01. The zero-order valence-corrected chi connectivity index (χ0v) is 20.6. The van der Waals surface area contributed by atoms with Gasteiger partial charge in [-0.3, -0.25) is 4.72 Å². The van der Waals surface area contributed by atoms with Crippen molar-refractivity contribution in [2.24, 2.45) is 0 Å². The minimum absolute atomic E-state index is 0. The number of nitrogens with one attached hydrogen (secondary N) is 2. The van der Waals surface area contributed by atoms with Crippen molar-refractivity contribution in [3.05, 3.63) is 59.4 Å². The SMILES string of the molecule is CC(C)(C)c1ccc(S(=O)(=O)Nc2ccc(Cl)cc2-c2nncn2[C@H]2CCNC2)cc1.Cl.